The van der Waals surface area contributed by atoms with Crippen LogP contribution >= 0.6 is 0 Å². The molecule has 0 spiro atoms. The van der Waals surface area contributed by atoms with Gasteiger partial charge < -0.3 is 15.0 Å². The summed E-state index contributed by atoms with van der Waals surface area (Å²) in [6.45, 7) is 0.226. The SMILES string of the molecule is O=Cc1ccc2c(c1O)CCN(C(=O)c1ccc(C(F)(F)F)[nH]c1=O)C2. The number of fused-ring (bicyclic) bond motifs is 1. The summed E-state index contributed by atoms with van der Waals surface area (Å²) in [5.74, 6) is -0.846. The molecular formula is C17H13F3N2O4. The molecule has 26 heavy (non-hydrogen) atoms. The van der Waals surface area contributed by atoms with Gasteiger partial charge in [0.2, 0.25) is 0 Å². The molecule has 1 aliphatic rings. The number of aromatic hydroxyl groups is 1. The quantitative estimate of drug-likeness (QED) is 0.797. The standard InChI is InChI=1S/C17H13F3N2O4/c18-17(19,20)13-4-3-12(15(25)21-13)16(26)22-6-5-11-9(7-22)1-2-10(8-23)14(11)24/h1-4,8,24H,5-7H2,(H,21,25). The second kappa shape index (κ2) is 6.32. The van der Waals surface area contributed by atoms with Crippen molar-refractivity contribution in [3.63, 3.8) is 0 Å². The zero-order chi connectivity index (χ0) is 19.1. The number of hydrogen-bond acceptors (Lipinski definition) is 4. The molecule has 136 valence electrons. The molecule has 3 rings (SSSR count). The number of nitrogens with zero attached hydrogens (tertiary/aromatic N) is 1. The van der Waals surface area contributed by atoms with Gasteiger partial charge in [0.1, 0.15) is 17.0 Å². The summed E-state index contributed by atoms with van der Waals surface area (Å²) in [6.07, 6.45) is -3.93. The van der Waals surface area contributed by atoms with Crippen LogP contribution in [-0.2, 0) is 19.1 Å². The smallest absolute Gasteiger partial charge is 0.431 e. The van der Waals surface area contributed by atoms with Crippen LogP contribution in [0, 0.1) is 0 Å². The van der Waals surface area contributed by atoms with E-state index in [2.05, 4.69) is 0 Å². The monoisotopic (exact) mass is 366 g/mol. The van der Waals surface area contributed by atoms with Crippen LogP contribution in [0.15, 0.2) is 29.1 Å². The topological polar surface area (TPSA) is 90.5 Å². The van der Waals surface area contributed by atoms with Crippen LogP contribution in [0.2, 0.25) is 0 Å². The average Bonchev–Trinajstić information content (AvgIpc) is 2.60. The molecule has 0 atom stereocenters. The van der Waals surface area contributed by atoms with E-state index in [1.807, 2.05) is 0 Å². The Bertz CT molecular complexity index is 950. The number of amides is 1. The first-order valence-electron chi connectivity index (χ1n) is 7.61. The van der Waals surface area contributed by atoms with Crippen molar-refractivity contribution in [3.8, 4) is 5.75 Å². The summed E-state index contributed by atoms with van der Waals surface area (Å²) < 4.78 is 37.8. The second-order valence-corrected chi connectivity index (χ2v) is 5.85. The number of pyridine rings is 1. The minimum atomic E-state index is -4.71. The number of aldehydes is 1. The molecule has 0 unspecified atom stereocenters. The van der Waals surface area contributed by atoms with Crippen LogP contribution in [-0.4, -0.2) is 33.7 Å². The zero-order valence-electron chi connectivity index (χ0n) is 13.3. The summed E-state index contributed by atoms with van der Waals surface area (Å²) in [5, 5.41) is 10.0. The number of halogens is 3. The summed E-state index contributed by atoms with van der Waals surface area (Å²) in [5.41, 5.74) is -1.45. The Hall–Kier alpha value is -3.10. The Morgan fingerprint density at radius 3 is 2.58 bits per heavy atom. The van der Waals surface area contributed by atoms with Crippen LogP contribution in [0.3, 0.4) is 0 Å². The number of hydrogen-bond donors (Lipinski definition) is 2. The van der Waals surface area contributed by atoms with Gasteiger partial charge in [-0.05, 0) is 30.2 Å². The molecule has 1 aliphatic heterocycles. The molecule has 2 N–H and O–H groups in total. The molecule has 2 aromatic rings. The van der Waals surface area contributed by atoms with Gasteiger partial charge in [0.25, 0.3) is 11.5 Å². The van der Waals surface area contributed by atoms with E-state index < -0.39 is 28.9 Å². The Morgan fingerprint density at radius 1 is 1.23 bits per heavy atom. The average molecular weight is 366 g/mol. The maximum atomic E-state index is 12.6. The molecule has 1 amide bonds. The fraction of sp³-hybridized carbons (Fsp3) is 0.235. The van der Waals surface area contributed by atoms with E-state index in [4.69, 9.17) is 0 Å². The lowest BCUT2D eigenvalue weighted by atomic mass is 9.95. The third-order valence-corrected chi connectivity index (χ3v) is 4.26. The van der Waals surface area contributed by atoms with Gasteiger partial charge in [0.05, 0.1) is 5.56 Å². The maximum absolute atomic E-state index is 12.6. The minimum absolute atomic E-state index is 0.0708. The van der Waals surface area contributed by atoms with Crippen LogP contribution < -0.4 is 5.56 Å². The lowest BCUT2D eigenvalue weighted by molar-refractivity contribution is -0.141. The van der Waals surface area contributed by atoms with E-state index in [0.29, 0.717) is 23.5 Å². The molecule has 0 saturated heterocycles. The van der Waals surface area contributed by atoms with Crippen LogP contribution in [0.25, 0.3) is 0 Å². The highest BCUT2D eigenvalue weighted by atomic mass is 19.4. The van der Waals surface area contributed by atoms with E-state index in [9.17, 15) is 32.7 Å². The number of benzene rings is 1. The van der Waals surface area contributed by atoms with Crippen molar-refractivity contribution in [2.75, 3.05) is 6.54 Å². The first-order valence-corrected chi connectivity index (χ1v) is 7.61. The number of phenols is 1. The number of carbonyl (C=O) groups is 2. The number of phenolic OH excluding ortho intramolecular Hbond substituents is 1. The molecule has 9 heteroatoms. The molecular weight excluding hydrogens is 353 g/mol. The van der Waals surface area contributed by atoms with Gasteiger partial charge in [0.15, 0.2) is 6.29 Å². The maximum Gasteiger partial charge on any atom is 0.431 e. The molecule has 6 nitrogen and oxygen atoms in total. The number of nitrogens with one attached hydrogen (secondary N) is 1. The number of carbonyl (C=O) groups excluding carboxylic acids is 2. The molecule has 2 heterocycles. The number of rotatable bonds is 2. The van der Waals surface area contributed by atoms with Crippen molar-refractivity contribution in [3.05, 3.63) is 62.6 Å². The van der Waals surface area contributed by atoms with Gasteiger partial charge in [-0.3, -0.25) is 14.4 Å². The molecule has 0 bridgehead atoms. The van der Waals surface area contributed by atoms with E-state index in [-0.39, 0.29) is 30.8 Å². The Balaban J connectivity index is 1.88. The normalized spacial score (nSPS) is 14.0. The zero-order valence-corrected chi connectivity index (χ0v) is 13.3. The third-order valence-electron chi connectivity index (χ3n) is 4.26. The lowest BCUT2D eigenvalue weighted by Gasteiger charge is -2.29. The predicted octanol–water partition coefficient (Wildman–Crippen LogP) is 2.11. The van der Waals surface area contributed by atoms with E-state index in [1.54, 1.807) is 11.1 Å². The number of alkyl halides is 3. The Labute approximate surface area is 144 Å². The third kappa shape index (κ3) is 3.07. The molecule has 0 saturated carbocycles. The van der Waals surface area contributed by atoms with E-state index >= 15 is 0 Å². The highest BCUT2D eigenvalue weighted by Gasteiger charge is 2.33. The van der Waals surface area contributed by atoms with Gasteiger partial charge in [-0.2, -0.15) is 13.2 Å². The Morgan fingerprint density at radius 2 is 1.96 bits per heavy atom. The minimum Gasteiger partial charge on any atom is -0.507 e. The van der Waals surface area contributed by atoms with Gasteiger partial charge >= 0.3 is 6.18 Å². The molecule has 1 aromatic carbocycles. The van der Waals surface area contributed by atoms with Crippen molar-refractivity contribution in [1.82, 2.24) is 9.88 Å². The van der Waals surface area contributed by atoms with Gasteiger partial charge in [0, 0.05) is 18.7 Å². The first kappa shape index (κ1) is 17.7. The van der Waals surface area contributed by atoms with Gasteiger partial charge in [-0.1, -0.05) is 6.07 Å². The summed E-state index contributed by atoms with van der Waals surface area (Å²) in [6, 6.07) is 4.51. The highest BCUT2D eigenvalue weighted by molar-refractivity contribution is 5.94. The van der Waals surface area contributed by atoms with Gasteiger partial charge in [-0.25, -0.2) is 0 Å². The largest absolute Gasteiger partial charge is 0.507 e. The second-order valence-electron chi connectivity index (χ2n) is 5.85. The molecule has 0 fully saturated rings. The van der Waals surface area contributed by atoms with Crippen molar-refractivity contribution in [2.45, 2.75) is 19.1 Å². The summed E-state index contributed by atoms with van der Waals surface area (Å²) >= 11 is 0. The first-order chi connectivity index (χ1) is 12.2. The van der Waals surface area contributed by atoms with Gasteiger partial charge in [-0.15, -0.1) is 0 Å². The Kier molecular flexibility index (Phi) is 4.31. The summed E-state index contributed by atoms with van der Waals surface area (Å²) in [4.78, 5) is 38.2. The molecule has 1 aromatic heterocycles. The van der Waals surface area contributed by atoms with Crippen LogP contribution in [0.1, 0.15) is 37.5 Å². The highest BCUT2D eigenvalue weighted by Crippen LogP contribution is 2.30. The van der Waals surface area contributed by atoms with E-state index in [1.165, 1.54) is 11.0 Å². The molecule has 0 radical (unpaired) electrons. The van der Waals surface area contributed by atoms with Crippen LogP contribution in [0.4, 0.5) is 13.2 Å². The number of aromatic nitrogens is 1. The van der Waals surface area contributed by atoms with E-state index in [0.717, 1.165) is 6.07 Å². The van der Waals surface area contributed by atoms with Crippen molar-refractivity contribution < 1.29 is 27.9 Å². The fourth-order valence-electron chi connectivity index (χ4n) is 2.90. The van der Waals surface area contributed by atoms with Crippen molar-refractivity contribution >= 4 is 12.2 Å². The summed E-state index contributed by atoms with van der Waals surface area (Å²) in [7, 11) is 0. The van der Waals surface area contributed by atoms with Crippen LogP contribution in [0.5, 0.6) is 5.75 Å². The van der Waals surface area contributed by atoms with Crippen molar-refractivity contribution in [2.24, 2.45) is 0 Å². The lowest BCUT2D eigenvalue weighted by Crippen LogP contribution is -2.38. The fourth-order valence-corrected chi connectivity index (χ4v) is 2.90. The molecule has 0 aliphatic carbocycles. The van der Waals surface area contributed by atoms with Crippen molar-refractivity contribution in [1.29, 1.82) is 0 Å². The number of aromatic amines is 1. The predicted molar refractivity (Wildman–Crippen MR) is 84.0 cm³/mol. The number of H-pyrrole nitrogens is 1.